The molecule has 0 aliphatic heterocycles. The van der Waals surface area contributed by atoms with Gasteiger partial charge in [0.15, 0.2) is 0 Å². The second kappa shape index (κ2) is 6.99. The number of carbonyl (C=O) groups excluding carboxylic acids is 1. The number of benzene rings is 1. The van der Waals surface area contributed by atoms with Crippen LogP contribution in [0.2, 0.25) is 10.2 Å². The number of rotatable bonds is 3. The van der Waals surface area contributed by atoms with Crippen molar-refractivity contribution in [1.82, 2.24) is 9.55 Å². The summed E-state index contributed by atoms with van der Waals surface area (Å²) in [7, 11) is 3.20. The Morgan fingerprint density at radius 2 is 2.08 bits per heavy atom. The summed E-state index contributed by atoms with van der Waals surface area (Å²) in [5, 5.41) is 10.7. The Morgan fingerprint density at radius 3 is 2.73 bits per heavy atom. The third kappa shape index (κ3) is 3.03. The smallest absolute Gasteiger partial charge is 0.340 e. The summed E-state index contributed by atoms with van der Waals surface area (Å²) in [6, 6.07) is 7.90. The summed E-state index contributed by atoms with van der Waals surface area (Å²) >= 11 is 12.6. The number of fused-ring (bicyclic) bond motifs is 1. The molecule has 0 saturated carbocycles. The van der Waals surface area contributed by atoms with E-state index >= 15 is 0 Å². The van der Waals surface area contributed by atoms with Gasteiger partial charge in [0.2, 0.25) is 0 Å². The summed E-state index contributed by atoms with van der Waals surface area (Å²) in [6.07, 6.45) is 1.70. The zero-order chi connectivity index (χ0) is 19.0. The number of aryl methyl sites for hydroxylation is 2. The van der Waals surface area contributed by atoms with Crippen LogP contribution in [0, 0.1) is 18.3 Å². The van der Waals surface area contributed by atoms with E-state index in [-0.39, 0.29) is 15.7 Å². The summed E-state index contributed by atoms with van der Waals surface area (Å²) in [6.45, 7) is 1.96. The molecule has 2 heterocycles. The quantitative estimate of drug-likeness (QED) is 0.492. The first-order valence-electron chi connectivity index (χ1n) is 7.77. The molecule has 3 rings (SSSR count). The Hall–Kier alpha value is -2.55. The summed E-state index contributed by atoms with van der Waals surface area (Å²) in [5.41, 5.74) is 4.23. The first-order valence-corrected chi connectivity index (χ1v) is 8.53. The fourth-order valence-corrected chi connectivity index (χ4v) is 3.53. The second-order valence-corrected chi connectivity index (χ2v) is 6.69. The van der Waals surface area contributed by atoms with E-state index < -0.39 is 5.97 Å². The van der Waals surface area contributed by atoms with E-state index in [9.17, 15) is 10.1 Å². The zero-order valence-corrected chi connectivity index (χ0v) is 15.9. The number of nitriles is 1. The van der Waals surface area contributed by atoms with Crippen molar-refractivity contribution in [2.45, 2.75) is 13.3 Å². The van der Waals surface area contributed by atoms with Gasteiger partial charge in [-0.2, -0.15) is 5.26 Å². The summed E-state index contributed by atoms with van der Waals surface area (Å²) in [4.78, 5) is 15.9. The number of ether oxygens (including phenoxy) is 1. The molecule has 0 aliphatic rings. The van der Waals surface area contributed by atoms with Gasteiger partial charge in [-0.05, 0) is 30.7 Å². The van der Waals surface area contributed by atoms with Crippen molar-refractivity contribution in [3.63, 3.8) is 0 Å². The molecule has 0 N–H and O–H groups in total. The van der Waals surface area contributed by atoms with Crippen LogP contribution < -0.4 is 0 Å². The van der Waals surface area contributed by atoms with Crippen molar-refractivity contribution in [1.29, 1.82) is 5.26 Å². The van der Waals surface area contributed by atoms with Crippen LogP contribution in [0.5, 0.6) is 0 Å². The van der Waals surface area contributed by atoms with Gasteiger partial charge in [-0.25, -0.2) is 9.78 Å². The highest BCUT2D eigenvalue weighted by Gasteiger charge is 2.20. The highest BCUT2D eigenvalue weighted by atomic mass is 35.5. The van der Waals surface area contributed by atoms with Gasteiger partial charge < -0.3 is 9.30 Å². The van der Waals surface area contributed by atoms with Crippen molar-refractivity contribution in [3.05, 3.63) is 62.5 Å². The van der Waals surface area contributed by atoms with Crippen molar-refractivity contribution in [2.24, 2.45) is 7.05 Å². The Morgan fingerprint density at radius 1 is 1.35 bits per heavy atom. The minimum Gasteiger partial charge on any atom is -0.465 e. The van der Waals surface area contributed by atoms with Gasteiger partial charge in [0, 0.05) is 41.8 Å². The number of nitrogens with zero attached hydrogens (tertiary/aromatic N) is 3. The third-order valence-electron chi connectivity index (χ3n) is 4.42. The molecule has 0 spiro atoms. The maximum atomic E-state index is 11.8. The largest absolute Gasteiger partial charge is 0.465 e. The van der Waals surface area contributed by atoms with E-state index in [0.29, 0.717) is 17.5 Å². The van der Waals surface area contributed by atoms with Gasteiger partial charge in [-0.3, -0.25) is 0 Å². The number of halogens is 2. The second-order valence-electron chi connectivity index (χ2n) is 5.96. The van der Waals surface area contributed by atoms with Crippen molar-refractivity contribution >= 4 is 40.1 Å². The molecule has 3 aromatic rings. The molecule has 0 fully saturated rings. The molecule has 1 aromatic carbocycles. The van der Waals surface area contributed by atoms with Crippen LogP contribution >= 0.6 is 23.2 Å². The topological polar surface area (TPSA) is 67.9 Å². The van der Waals surface area contributed by atoms with Crippen molar-refractivity contribution in [2.75, 3.05) is 7.11 Å². The molecule has 132 valence electrons. The minimum absolute atomic E-state index is 0.176. The van der Waals surface area contributed by atoms with E-state index in [1.807, 2.05) is 36.7 Å². The fourth-order valence-electron chi connectivity index (χ4n) is 2.99. The minimum atomic E-state index is -0.563. The van der Waals surface area contributed by atoms with Gasteiger partial charge >= 0.3 is 5.97 Å². The van der Waals surface area contributed by atoms with Crippen LogP contribution in [-0.4, -0.2) is 22.6 Å². The molecule has 26 heavy (non-hydrogen) atoms. The van der Waals surface area contributed by atoms with Crippen LogP contribution in [0.1, 0.15) is 32.7 Å². The van der Waals surface area contributed by atoms with E-state index in [2.05, 4.69) is 11.1 Å². The Balaban J connectivity index is 2.13. The molecule has 0 aliphatic carbocycles. The monoisotopic (exact) mass is 387 g/mol. The highest BCUT2D eigenvalue weighted by molar-refractivity contribution is 6.37. The number of hydrogen-bond acceptors (Lipinski definition) is 4. The number of hydrogen-bond donors (Lipinski definition) is 0. The van der Waals surface area contributed by atoms with Crippen LogP contribution in [0.15, 0.2) is 24.4 Å². The Kier molecular flexibility index (Phi) is 4.90. The number of methoxy groups -OCH3 is 1. The molecule has 0 unspecified atom stereocenters. The lowest BCUT2D eigenvalue weighted by Crippen LogP contribution is -2.07. The van der Waals surface area contributed by atoms with Crippen LogP contribution in [-0.2, 0) is 18.2 Å². The lowest BCUT2D eigenvalue weighted by molar-refractivity contribution is 0.0600. The van der Waals surface area contributed by atoms with E-state index in [0.717, 1.165) is 22.2 Å². The van der Waals surface area contributed by atoms with Crippen LogP contribution in [0.3, 0.4) is 0 Å². The highest BCUT2D eigenvalue weighted by Crippen LogP contribution is 2.31. The van der Waals surface area contributed by atoms with Gasteiger partial charge in [0.05, 0.1) is 29.3 Å². The third-order valence-corrected chi connectivity index (χ3v) is 5.18. The van der Waals surface area contributed by atoms with Gasteiger partial charge in [-0.15, -0.1) is 0 Å². The molecule has 0 bridgehead atoms. The predicted molar refractivity (Wildman–Crippen MR) is 101 cm³/mol. The predicted octanol–water partition coefficient (Wildman–Crippen LogP) is 4.44. The Bertz CT molecular complexity index is 1080. The molecule has 7 heteroatoms. The van der Waals surface area contributed by atoms with Crippen LogP contribution in [0.4, 0.5) is 0 Å². The molecule has 2 aromatic heterocycles. The maximum absolute atomic E-state index is 11.8. The molecule has 5 nitrogen and oxygen atoms in total. The average Bonchev–Trinajstić information content (AvgIpc) is 2.94. The van der Waals surface area contributed by atoms with Crippen molar-refractivity contribution in [3.8, 4) is 6.07 Å². The van der Waals surface area contributed by atoms with Crippen molar-refractivity contribution < 1.29 is 9.53 Å². The number of pyridine rings is 1. The maximum Gasteiger partial charge on any atom is 0.340 e. The first-order chi connectivity index (χ1) is 12.4. The molecule has 0 atom stereocenters. The van der Waals surface area contributed by atoms with E-state index in [4.69, 9.17) is 27.9 Å². The van der Waals surface area contributed by atoms with E-state index in [1.54, 1.807) is 0 Å². The molecule has 0 radical (unpaired) electrons. The number of carbonyl (C=O) groups is 1. The molecule has 0 saturated heterocycles. The molecule has 0 amide bonds. The van der Waals surface area contributed by atoms with Crippen LogP contribution in [0.25, 0.3) is 10.9 Å². The van der Waals surface area contributed by atoms with Gasteiger partial charge in [-0.1, -0.05) is 23.2 Å². The Labute approximate surface area is 160 Å². The van der Waals surface area contributed by atoms with Gasteiger partial charge in [0.1, 0.15) is 5.15 Å². The summed E-state index contributed by atoms with van der Waals surface area (Å²) < 4.78 is 6.72. The SMILES string of the molecule is COC(=O)c1cnc(Cl)c(Cc2cc3c(C)cc(C#N)cc3n2C)c1Cl. The first kappa shape index (κ1) is 18.2. The number of esters is 1. The summed E-state index contributed by atoms with van der Waals surface area (Å²) in [5.74, 6) is -0.563. The lowest BCUT2D eigenvalue weighted by atomic mass is 10.1. The fraction of sp³-hybridized carbons (Fsp3) is 0.211. The standard InChI is InChI=1S/C19H15Cl2N3O2/c1-10-4-11(8-22)5-16-13(10)6-12(24(16)2)7-14-17(20)15(19(25)26-3)9-23-18(14)21/h4-6,9H,7H2,1-3H3. The lowest BCUT2D eigenvalue weighted by Gasteiger charge is -2.11. The number of aromatic nitrogens is 2. The normalized spacial score (nSPS) is 10.8. The van der Waals surface area contributed by atoms with Gasteiger partial charge in [0.25, 0.3) is 0 Å². The zero-order valence-electron chi connectivity index (χ0n) is 14.4. The van der Waals surface area contributed by atoms with E-state index in [1.165, 1.54) is 13.3 Å². The molecular weight excluding hydrogens is 373 g/mol. The molecular formula is C19H15Cl2N3O2. The average molecular weight is 388 g/mol.